The van der Waals surface area contributed by atoms with Gasteiger partial charge in [0.2, 0.25) is 7.98 Å². The van der Waals surface area contributed by atoms with Crippen LogP contribution in [0.1, 0.15) is 42.5 Å². The molecule has 1 aliphatic heterocycles. The molecule has 1 aliphatic rings. The first kappa shape index (κ1) is 10.2. The normalized spacial score (nSPS) is 15.7. The Labute approximate surface area is 90.9 Å². The molecule has 0 aromatic carbocycles. The first-order valence-electron chi connectivity index (χ1n) is 5.15. The Morgan fingerprint density at radius 1 is 1.40 bits per heavy atom. The molecule has 4 heteroatoms. The summed E-state index contributed by atoms with van der Waals surface area (Å²) in [4.78, 5) is 17.9. The summed E-state index contributed by atoms with van der Waals surface area (Å²) in [6.07, 6.45) is 0. The van der Waals surface area contributed by atoms with Crippen molar-refractivity contribution in [2.45, 2.75) is 32.7 Å². The van der Waals surface area contributed by atoms with Crippen molar-refractivity contribution in [3.63, 3.8) is 0 Å². The third-order valence-corrected chi connectivity index (χ3v) is 2.70. The van der Waals surface area contributed by atoms with Gasteiger partial charge in [0.1, 0.15) is 5.69 Å². The Morgan fingerprint density at radius 2 is 2.07 bits per heavy atom. The second-order valence-electron chi connectivity index (χ2n) is 5.12. The van der Waals surface area contributed by atoms with E-state index < -0.39 is 0 Å². The Bertz CT molecular complexity index is 423. The molecule has 78 valence electrons. The van der Waals surface area contributed by atoms with E-state index in [1.54, 1.807) is 12.8 Å². The number of aromatic nitrogens is 1. The maximum Gasteiger partial charge on any atom is 0.260 e. The Hall–Kier alpha value is -1.32. The number of carbonyl (C=O) groups is 1. The minimum Gasteiger partial charge on any atom is -0.384 e. The van der Waals surface area contributed by atoms with Crippen molar-refractivity contribution in [2.75, 3.05) is 0 Å². The molecule has 0 aliphatic carbocycles. The fourth-order valence-corrected chi connectivity index (χ4v) is 1.73. The number of rotatable bonds is 0. The molecule has 3 nitrogen and oxygen atoms in total. The fourth-order valence-electron chi connectivity index (χ4n) is 1.73. The van der Waals surface area contributed by atoms with Crippen LogP contribution in [0, 0.1) is 0 Å². The number of hydrogen-bond acceptors (Lipinski definition) is 2. The van der Waals surface area contributed by atoms with Crippen LogP contribution in [-0.2, 0) is 12.0 Å². The van der Waals surface area contributed by atoms with Crippen LogP contribution < -0.4 is 0 Å². The van der Waals surface area contributed by atoms with Gasteiger partial charge in [0.15, 0.2) is 0 Å². The quantitative estimate of drug-likeness (QED) is 0.585. The summed E-state index contributed by atoms with van der Waals surface area (Å²) in [5.74, 6) is 0.0381. The third kappa shape index (κ3) is 1.64. The zero-order valence-corrected chi connectivity index (χ0v) is 9.66. The molecular formula is C11H15BN2O. The molecule has 1 aromatic heterocycles. The van der Waals surface area contributed by atoms with Gasteiger partial charge in [0.05, 0.1) is 0 Å². The van der Waals surface area contributed by atoms with Gasteiger partial charge in [-0.1, -0.05) is 26.8 Å². The average Bonchev–Trinajstić information content (AvgIpc) is 2.41. The molecule has 0 saturated carbocycles. The number of carbonyl (C=O) groups excluding carboxylic acids is 1. The Balaban J connectivity index is 2.49. The van der Waals surface area contributed by atoms with E-state index in [0.29, 0.717) is 12.2 Å². The zero-order chi connectivity index (χ0) is 11.2. The van der Waals surface area contributed by atoms with Gasteiger partial charge >= 0.3 is 0 Å². The highest BCUT2D eigenvalue weighted by atomic mass is 16.2. The van der Waals surface area contributed by atoms with E-state index in [-0.39, 0.29) is 11.3 Å². The lowest BCUT2D eigenvalue weighted by Crippen LogP contribution is -2.21. The molecule has 0 saturated heterocycles. The SMILES string of the molecule is BN1Cc2ccc(C(C)(C)C)nc2C1=O. The van der Waals surface area contributed by atoms with Gasteiger partial charge < -0.3 is 4.81 Å². The van der Waals surface area contributed by atoms with Gasteiger partial charge in [-0.2, -0.15) is 0 Å². The molecule has 0 unspecified atom stereocenters. The number of amides is 1. The van der Waals surface area contributed by atoms with Gasteiger partial charge in [-0.25, -0.2) is 4.98 Å². The minimum atomic E-state index is -0.00350. The standard InChI is InChI=1S/C11H15BN2O/c1-11(2,3)8-5-4-7-6-14(12)10(15)9(7)13-8/h4-5H,6,12H2,1-3H3. The van der Waals surface area contributed by atoms with Gasteiger partial charge in [-0.3, -0.25) is 4.79 Å². The van der Waals surface area contributed by atoms with Crippen LogP contribution >= 0.6 is 0 Å². The van der Waals surface area contributed by atoms with E-state index in [4.69, 9.17) is 0 Å². The van der Waals surface area contributed by atoms with E-state index in [9.17, 15) is 4.79 Å². The highest BCUT2D eigenvalue weighted by Crippen LogP contribution is 2.25. The number of pyridine rings is 1. The van der Waals surface area contributed by atoms with Crippen molar-refractivity contribution >= 4 is 13.9 Å². The largest absolute Gasteiger partial charge is 0.384 e. The molecule has 0 N–H and O–H groups in total. The highest BCUT2D eigenvalue weighted by Gasteiger charge is 2.27. The maximum absolute atomic E-state index is 11.7. The first-order chi connectivity index (χ1) is 6.89. The topological polar surface area (TPSA) is 33.2 Å². The van der Waals surface area contributed by atoms with Crippen molar-refractivity contribution in [1.29, 1.82) is 0 Å². The van der Waals surface area contributed by atoms with Crippen LogP contribution in [0.2, 0.25) is 0 Å². The van der Waals surface area contributed by atoms with Crippen LogP contribution in [0.5, 0.6) is 0 Å². The summed E-state index contributed by atoms with van der Waals surface area (Å²) in [5, 5.41) is 0. The molecular weight excluding hydrogens is 187 g/mol. The van der Waals surface area contributed by atoms with Crippen molar-refractivity contribution in [3.8, 4) is 0 Å². The monoisotopic (exact) mass is 202 g/mol. The van der Waals surface area contributed by atoms with Crippen LogP contribution in [0.15, 0.2) is 12.1 Å². The van der Waals surface area contributed by atoms with Crippen molar-refractivity contribution < 1.29 is 4.79 Å². The lowest BCUT2D eigenvalue weighted by atomic mass is 9.91. The van der Waals surface area contributed by atoms with Gasteiger partial charge in [0.25, 0.3) is 5.91 Å². The Kier molecular flexibility index (Phi) is 2.10. The average molecular weight is 202 g/mol. The van der Waals surface area contributed by atoms with Crippen molar-refractivity contribution in [1.82, 2.24) is 9.79 Å². The molecule has 0 radical (unpaired) electrons. The second-order valence-corrected chi connectivity index (χ2v) is 5.12. The molecule has 0 bridgehead atoms. The van der Waals surface area contributed by atoms with E-state index in [1.807, 2.05) is 12.1 Å². The smallest absolute Gasteiger partial charge is 0.260 e. The summed E-state index contributed by atoms with van der Waals surface area (Å²) >= 11 is 0. The van der Waals surface area contributed by atoms with Crippen LogP contribution in [0.4, 0.5) is 0 Å². The lowest BCUT2D eigenvalue weighted by Gasteiger charge is -2.17. The fraction of sp³-hybridized carbons (Fsp3) is 0.455. The summed E-state index contributed by atoms with van der Waals surface area (Å²) in [6.45, 7) is 6.99. The predicted octanol–water partition coefficient (Wildman–Crippen LogP) is 0.883. The highest BCUT2D eigenvalue weighted by molar-refractivity contribution is 6.19. The van der Waals surface area contributed by atoms with E-state index in [2.05, 4.69) is 25.8 Å². The molecule has 0 fully saturated rings. The molecule has 2 heterocycles. The van der Waals surface area contributed by atoms with Crippen molar-refractivity contribution in [3.05, 3.63) is 29.1 Å². The minimum absolute atomic E-state index is 0.00350. The summed E-state index contributed by atoms with van der Waals surface area (Å²) in [5.41, 5.74) is 2.64. The number of hydrogen-bond donors (Lipinski definition) is 0. The molecule has 0 atom stereocenters. The van der Waals surface area contributed by atoms with Gasteiger partial charge in [0, 0.05) is 23.2 Å². The summed E-state index contributed by atoms with van der Waals surface area (Å²) in [7, 11) is 1.81. The Morgan fingerprint density at radius 3 is 2.67 bits per heavy atom. The number of fused-ring (bicyclic) bond motifs is 1. The maximum atomic E-state index is 11.7. The third-order valence-electron chi connectivity index (χ3n) is 2.70. The van der Waals surface area contributed by atoms with E-state index in [0.717, 1.165) is 11.3 Å². The summed E-state index contributed by atoms with van der Waals surface area (Å²) < 4.78 is 0. The lowest BCUT2D eigenvalue weighted by molar-refractivity contribution is 0.0876. The molecule has 1 aromatic rings. The van der Waals surface area contributed by atoms with E-state index in [1.165, 1.54) is 0 Å². The van der Waals surface area contributed by atoms with Crippen molar-refractivity contribution in [2.24, 2.45) is 0 Å². The van der Waals surface area contributed by atoms with E-state index >= 15 is 0 Å². The van der Waals surface area contributed by atoms with Gasteiger partial charge in [-0.05, 0) is 6.07 Å². The van der Waals surface area contributed by atoms with Crippen LogP contribution in [0.25, 0.3) is 0 Å². The van der Waals surface area contributed by atoms with Gasteiger partial charge in [-0.15, -0.1) is 0 Å². The zero-order valence-electron chi connectivity index (χ0n) is 9.66. The molecule has 0 spiro atoms. The van der Waals surface area contributed by atoms with Crippen LogP contribution in [-0.4, -0.2) is 23.7 Å². The predicted molar refractivity (Wildman–Crippen MR) is 61.4 cm³/mol. The van der Waals surface area contributed by atoms with Crippen LogP contribution in [0.3, 0.4) is 0 Å². The molecule has 15 heavy (non-hydrogen) atoms. The summed E-state index contributed by atoms with van der Waals surface area (Å²) in [6, 6.07) is 4.04. The first-order valence-corrected chi connectivity index (χ1v) is 5.15. The number of nitrogens with zero attached hydrogens (tertiary/aromatic N) is 2. The molecule has 2 rings (SSSR count). The second kappa shape index (κ2) is 3.09. The molecule has 1 amide bonds.